The molecule has 5 rings (SSSR count). The number of hydrogen-bond acceptors (Lipinski definition) is 4. The van der Waals surface area contributed by atoms with Crippen LogP contribution in [0.4, 0.5) is 20.3 Å². The molecule has 32 heavy (non-hydrogen) atoms. The molecule has 1 saturated heterocycles. The molecule has 2 heterocycles. The lowest BCUT2D eigenvalue weighted by atomic mass is 9.61. The Morgan fingerprint density at radius 3 is 2.56 bits per heavy atom. The van der Waals surface area contributed by atoms with E-state index < -0.39 is 5.92 Å². The van der Waals surface area contributed by atoms with E-state index in [2.05, 4.69) is 21.3 Å². The van der Waals surface area contributed by atoms with Crippen molar-refractivity contribution in [2.24, 2.45) is 5.41 Å². The average Bonchev–Trinajstić information content (AvgIpc) is 3.26. The topological polar surface area (TPSA) is 45.2 Å². The summed E-state index contributed by atoms with van der Waals surface area (Å²) in [7, 11) is 0. The van der Waals surface area contributed by atoms with Crippen molar-refractivity contribution in [1.29, 1.82) is 0 Å². The Hall–Kier alpha value is -2.15. The normalized spacial score (nSPS) is 22.0. The van der Waals surface area contributed by atoms with Gasteiger partial charge in [0.05, 0.1) is 5.56 Å². The third-order valence-corrected chi connectivity index (χ3v) is 8.45. The number of carbonyl (C=O) groups excluding carboxylic acids is 1. The van der Waals surface area contributed by atoms with Gasteiger partial charge < -0.3 is 10.2 Å². The van der Waals surface area contributed by atoms with Gasteiger partial charge in [0.1, 0.15) is 5.82 Å². The number of piperidine rings is 1. The van der Waals surface area contributed by atoms with Gasteiger partial charge in [-0.1, -0.05) is 18.9 Å². The standard InChI is InChI=1S/C25H29F2N3OS/c26-25(27)16-24(17-25)10-13-30(14-11-24)22-21(9-4-12-28-22)23(31)29-18-5-3-8-20(15-18)32-19-6-1-2-7-19/h3-5,8-9,12,15,19H,1-2,6-7,10-11,13-14,16-17H2,(H,29,31). The molecule has 1 aliphatic heterocycles. The molecule has 7 heteroatoms. The van der Waals surface area contributed by atoms with Crippen LogP contribution in [0, 0.1) is 5.41 Å². The summed E-state index contributed by atoms with van der Waals surface area (Å²) in [6, 6.07) is 11.6. The second-order valence-electron chi connectivity index (χ2n) is 9.58. The number of nitrogens with zero attached hydrogens (tertiary/aromatic N) is 2. The first-order valence-corrected chi connectivity index (χ1v) is 12.5. The van der Waals surface area contributed by atoms with Crippen LogP contribution in [0.3, 0.4) is 0 Å². The zero-order valence-corrected chi connectivity index (χ0v) is 19.0. The van der Waals surface area contributed by atoms with Crippen LogP contribution >= 0.6 is 11.8 Å². The molecule has 1 N–H and O–H groups in total. The maximum absolute atomic E-state index is 13.4. The quantitative estimate of drug-likeness (QED) is 0.566. The molecule has 1 aromatic carbocycles. The summed E-state index contributed by atoms with van der Waals surface area (Å²) in [6.45, 7) is 1.31. The van der Waals surface area contributed by atoms with E-state index in [4.69, 9.17) is 0 Å². The number of halogens is 2. The molecule has 0 unspecified atom stereocenters. The van der Waals surface area contributed by atoms with Gasteiger partial charge >= 0.3 is 0 Å². The van der Waals surface area contributed by atoms with Crippen LogP contribution in [0.15, 0.2) is 47.5 Å². The number of aromatic nitrogens is 1. The number of hydrogen-bond donors (Lipinski definition) is 1. The first kappa shape index (κ1) is 21.7. The SMILES string of the molecule is O=C(Nc1cccc(SC2CCCC2)c1)c1cccnc1N1CCC2(CC1)CC(F)(F)C2. The summed E-state index contributed by atoms with van der Waals surface area (Å²) < 4.78 is 26.9. The van der Waals surface area contributed by atoms with E-state index in [9.17, 15) is 13.6 Å². The highest BCUT2D eigenvalue weighted by molar-refractivity contribution is 8.00. The highest BCUT2D eigenvalue weighted by Gasteiger charge is 2.56. The van der Waals surface area contributed by atoms with E-state index in [0.29, 0.717) is 29.7 Å². The Morgan fingerprint density at radius 2 is 1.84 bits per heavy atom. The van der Waals surface area contributed by atoms with E-state index >= 15 is 0 Å². The number of anilines is 2. The Morgan fingerprint density at radius 1 is 1.09 bits per heavy atom. The van der Waals surface area contributed by atoms with Crippen molar-refractivity contribution in [3.05, 3.63) is 48.2 Å². The highest BCUT2D eigenvalue weighted by atomic mass is 32.2. The maximum Gasteiger partial charge on any atom is 0.259 e. The number of carbonyl (C=O) groups is 1. The van der Waals surface area contributed by atoms with Gasteiger partial charge in [0.15, 0.2) is 0 Å². The van der Waals surface area contributed by atoms with Crippen molar-refractivity contribution in [3.63, 3.8) is 0 Å². The number of rotatable bonds is 5. The molecule has 4 nitrogen and oxygen atoms in total. The third-order valence-electron chi connectivity index (χ3n) is 7.12. The Balaban J connectivity index is 1.25. The first-order valence-electron chi connectivity index (χ1n) is 11.6. The Labute approximate surface area is 192 Å². The van der Waals surface area contributed by atoms with Gasteiger partial charge in [-0.25, -0.2) is 13.8 Å². The van der Waals surface area contributed by atoms with Crippen LogP contribution in [-0.4, -0.2) is 35.2 Å². The van der Waals surface area contributed by atoms with Crippen LogP contribution in [0.25, 0.3) is 0 Å². The van der Waals surface area contributed by atoms with Gasteiger partial charge in [-0.15, -0.1) is 11.8 Å². The summed E-state index contributed by atoms with van der Waals surface area (Å²) in [4.78, 5) is 20.9. The molecular formula is C25H29F2N3OS. The molecule has 3 aliphatic rings. The molecule has 3 fully saturated rings. The minimum Gasteiger partial charge on any atom is -0.356 e. The average molecular weight is 458 g/mol. The summed E-state index contributed by atoms with van der Waals surface area (Å²) in [5.74, 6) is -2.04. The second-order valence-corrected chi connectivity index (χ2v) is 11.0. The van der Waals surface area contributed by atoms with Gasteiger partial charge in [0.25, 0.3) is 5.91 Å². The number of pyridine rings is 1. The Kier molecular flexibility index (Phi) is 5.86. The van der Waals surface area contributed by atoms with Gasteiger partial charge in [0, 0.05) is 48.0 Å². The first-order chi connectivity index (χ1) is 15.4. The minimum atomic E-state index is -2.50. The van der Waals surface area contributed by atoms with E-state index in [1.165, 1.54) is 30.6 Å². The van der Waals surface area contributed by atoms with Crippen molar-refractivity contribution in [2.75, 3.05) is 23.3 Å². The predicted molar refractivity (Wildman–Crippen MR) is 125 cm³/mol. The maximum atomic E-state index is 13.4. The van der Waals surface area contributed by atoms with Crippen LogP contribution < -0.4 is 10.2 Å². The van der Waals surface area contributed by atoms with Crippen LogP contribution in [0.2, 0.25) is 0 Å². The van der Waals surface area contributed by atoms with E-state index in [1.807, 2.05) is 30.0 Å². The molecule has 1 spiro atoms. The fourth-order valence-electron chi connectivity index (χ4n) is 5.46. The number of amides is 1. The largest absolute Gasteiger partial charge is 0.356 e. The van der Waals surface area contributed by atoms with Gasteiger partial charge in [-0.05, 0) is 61.4 Å². The number of benzene rings is 1. The third kappa shape index (κ3) is 4.63. The molecule has 0 bridgehead atoms. The smallest absolute Gasteiger partial charge is 0.259 e. The number of thioether (sulfide) groups is 1. The lowest BCUT2D eigenvalue weighted by Crippen LogP contribution is -2.52. The molecule has 170 valence electrons. The molecule has 1 amide bonds. The molecular weight excluding hydrogens is 428 g/mol. The van der Waals surface area contributed by atoms with Crippen molar-refractivity contribution < 1.29 is 13.6 Å². The van der Waals surface area contributed by atoms with E-state index in [-0.39, 0.29) is 24.2 Å². The van der Waals surface area contributed by atoms with Crippen molar-refractivity contribution in [2.45, 2.75) is 67.4 Å². The van der Waals surface area contributed by atoms with Crippen molar-refractivity contribution >= 4 is 29.2 Å². The Bertz CT molecular complexity index is 975. The molecule has 0 radical (unpaired) electrons. The fraction of sp³-hybridized carbons (Fsp3) is 0.520. The van der Waals surface area contributed by atoms with Gasteiger partial charge in [-0.2, -0.15) is 0 Å². The van der Waals surface area contributed by atoms with Crippen molar-refractivity contribution in [3.8, 4) is 0 Å². The molecule has 2 aliphatic carbocycles. The second kappa shape index (κ2) is 8.65. The molecule has 1 aromatic heterocycles. The zero-order chi connectivity index (χ0) is 22.2. The zero-order valence-electron chi connectivity index (χ0n) is 18.2. The number of alkyl halides is 2. The highest BCUT2D eigenvalue weighted by Crippen LogP contribution is 2.57. The summed E-state index contributed by atoms with van der Waals surface area (Å²) in [5.41, 5.74) is 1.08. The predicted octanol–water partition coefficient (Wildman–Crippen LogP) is 6.38. The van der Waals surface area contributed by atoms with Crippen molar-refractivity contribution in [1.82, 2.24) is 4.98 Å². The molecule has 0 atom stereocenters. The van der Waals surface area contributed by atoms with Gasteiger partial charge in [0.2, 0.25) is 5.92 Å². The monoisotopic (exact) mass is 457 g/mol. The fourth-order valence-corrected chi connectivity index (χ4v) is 6.77. The molecule has 2 saturated carbocycles. The van der Waals surface area contributed by atoms with Crippen LogP contribution in [0.1, 0.15) is 61.7 Å². The lowest BCUT2D eigenvalue weighted by molar-refractivity contribution is -0.168. The van der Waals surface area contributed by atoms with Gasteiger partial charge in [-0.3, -0.25) is 4.79 Å². The minimum absolute atomic E-state index is 0.00138. The number of nitrogens with one attached hydrogen (secondary N) is 1. The van der Waals surface area contributed by atoms with E-state index in [1.54, 1.807) is 18.3 Å². The van der Waals surface area contributed by atoms with E-state index in [0.717, 1.165) is 18.5 Å². The summed E-state index contributed by atoms with van der Waals surface area (Å²) in [5, 5.41) is 3.70. The lowest BCUT2D eigenvalue weighted by Gasteiger charge is -2.52. The summed E-state index contributed by atoms with van der Waals surface area (Å²) in [6.07, 6.45) is 8.26. The molecule has 2 aromatic rings. The van der Waals surface area contributed by atoms with Crippen LogP contribution in [-0.2, 0) is 0 Å². The van der Waals surface area contributed by atoms with Crippen LogP contribution in [0.5, 0.6) is 0 Å². The summed E-state index contributed by atoms with van der Waals surface area (Å²) >= 11 is 1.90.